The smallest absolute Gasteiger partial charge is 0.319 e. The first-order valence-electron chi connectivity index (χ1n) is 8.24. The lowest BCUT2D eigenvalue weighted by Gasteiger charge is -2.21. The predicted molar refractivity (Wildman–Crippen MR) is 88.6 cm³/mol. The Morgan fingerprint density at radius 2 is 2.36 bits per heavy atom. The van der Waals surface area contributed by atoms with E-state index in [-0.39, 0.29) is 18.2 Å². The number of likely N-dealkylation sites (N-methyl/N-ethyl adjacent to an activating group) is 1. The molecular weight excluding hydrogens is 278 g/mol. The van der Waals surface area contributed by atoms with Crippen molar-refractivity contribution < 1.29 is 9.53 Å². The van der Waals surface area contributed by atoms with Crippen LogP contribution >= 0.6 is 0 Å². The van der Waals surface area contributed by atoms with Crippen LogP contribution in [-0.2, 0) is 11.2 Å². The number of urea groups is 1. The molecule has 0 aliphatic carbocycles. The lowest BCUT2D eigenvalue weighted by Crippen LogP contribution is -2.43. The zero-order chi connectivity index (χ0) is 15.5. The van der Waals surface area contributed by atoms with Crippen LogP contribution < -0.4 is 15.5 Å². The second-order valence-electron chi connectivity index (χ2n) is 6.11. The lowest BCUT2D eigenvalue weighted by molar-refractivity contribution is 0.0868. The third-order valence-electron chi connectivity index (χ3n) is 4.60. The normalized spacial score (nSPS) is 21.5. The SMILES string of the molecule is CCN1CCc2ccc(NC(=O)N[C@H](C)[C@@H]3CCCO3)cc21. The largest absolute Gasteiger partial charge is 0.376 e. The van der Waals surface area contributed by atoms with Crippen LogP contribution in [0.3, 0.4) is 0 Å². The van der Waals surface area contributed by atoms with Gasteiger partial charge in [0.15, 0.2) is 0 Å². The van der Waals surface area contributed by atoms with Crippen molar-refractivity contribution in [2.24, 2.45) is 0 Å². The van der Waals surface area contributed by atoms with Gasteiger partial charge in [0.05, 0.1) is 12.1 Å². The molecular formula is C17H25N3O2. The van der Waals surface area contributed by atoms with E-state index in [1.165, 1.54) is 11.3 Å². The van der Waals surface area contributed by atoms with Gasteiger partial charge in [0.2, 0.25) is 0 Å². The van der Waals surface area contributed by atoms with Crippen molar-refractivity contribution in [1.82, 2.24) is 5.32 Å². The van der Waals surface area contributed by atoms with Crippen LogP contribution in [0.1, 0.15) is 32.3 Å². The quantitative estimate of drug-likeness (QED) is 0.899. The number of carbonyl (C=O) groups is 1. The predicted octanol–water partition coefficient (Wildman–Crippen LogP) is 2.76. The molecule has 5 nitrogen and oxygen atoms in total. The van der Waals surface area contributed by atoms with Gasteiger partial charge < -0.3 is 20.3 Å². The number of amides is 2. The Bertz CT molecular complexity index is 541. The number of benzene rings is 1. The fraction of sp³-hybridized carbons (Fsp3) is 0.588. The number of hydrogen-bond acceptors (Lipinski definition) is 3. The first-order chi connectivity index (χ1) is 10.7. The van der Waals surface area contributed by atoms with Gasteiger partial charge in [-0.05, 0) is 50.8 Å². The standard InChI is InChI=1S/C17H25N3O2/c1-3-20-9-8-13-6-7-14(11-15(13)20)19-17(21)18-12(2)16-5-4-10-22-16/h6-7,11-12,16H,3-5,8-10H2,1-2H3,(H2,18,19,21)/t12-,16+/m1/s1. The molecule has 5 heteroatoms. The summed E-state index contributed by atoms with van der Waals surface area (Å²) in [6.07, 6.45) is 3.33. The van der Waals surface area contributed by atoms with Crippen LogP contribution in [0.15, 0.2) is 18.2 Å². The Hall–Kier alpha value is -1.75. The molecule has 2 aliphatic heterocycles. The Morgan fingerprint density at radius 1 is 1.50 bits per heavy atom. The number of fused-ring (bicyclic) bond motifs is 1. The summed E-state index contributed by atoms with van der Waals surface area (Å²) in [6, 6.07) is 6.04. The van der Waals surface area contributed by atoms with Crippen LogP contribution in [0.5, 0.6) is 0 Å². The maximum Gasteiger partial charge on any atom is 0.319 e. The van der Waals surface area contributed by atoms with Gasteiger partial charge in [0.25, 0.3) is 0 Å². The van der Waals surface area contributed by atoms with Crippen molar-refractivity contribution in [3.63, 3.8) is 0 Å². The molecule has 2 atom stereocenters. The van der Waals surface area contributed by atoms with Crippen molar-refractivity contribution in [3.05, 3.63) is 23.8 Å². The van der Waals surface area contributed by atoms with E-state index in [9.17, 15) is 4.79 Å². The molecule has 0 radical (unpaired) electrons. The minimum absolute atomic E-state index is 0.0315. The summed E-state index contributed by atoms with van der Waals surface area (Å²) in [4.78, 5) is 14.5. The highest BCUT2D eigenvalue weighted by molar-refractivity contribution is 5.90. The average molecular weight is 303 g/mol. The Balaban J connectivity index is 1.59. The summed E-state index contributed by atoms with van der Waals surface area (Å²) in [7, 11) is 0. The number of ether oxygens (including phenoxy) is 1. The molecule has 1 aromatic carbocycles. The van der Waals surface area contributed by atoms with E-state index in [0.29, 0.717) is 0 Å². The highest BCUT2D eigenvalue weighted by Crippen LogP contribution is 2.30. The van der Waals surface area contributed by atoms with Crippen molar-refractivity contribution in [3.8, 4) is 0 Å². The molecule has 0 unspecified atom stereocenters. The molecule has 22 heavy (non-hydrogen) atoms. The zero-order valence-electron chi connectivity index (χ0n) is 13.4. The molecule has 3 rings (SSSR count). The maximum absolute atomic E-state index is 12.1. The molecule has 0 saturated carbocycles. The van der Waals surface area contributed by atoms with E-state index < -0.39 is 0 Å². The molecule has 2 N–H and O–H groups in total. The van der Waals surface area contributed by atoms with E-state index in [2.05, 4.69) is 34.6 Å². The van der Waals surface area contributed by atoms with E-state index in [1.54, 1.807) is 0 Å². The lowest BCUT2D eigenvalue weighted by atomic mass is 10.1. The van der Waals surface area contributed by atoms with Crippen molar-refractivity contribution in [2.75, 3.05) is 29.9 Å². The molecule has 0 spiro atoms. The molecule has 1 fully saturated rings. The van der Waals surface area contributed by atoms with Crippen LogP contribution in [0.4, 0.5) is 16.2 Å². The van der Waals surface area contributed by atoms with Crippen molar-refractivity contribution in [2.45, 2.75) is 45.3 Å². The third kappa shape index (κ3) is 3.19. The van der Waals surface area contributed by atoms with E-state index in [0.717, 1.165) is 44.6 Å². The van der Waals surface area contributed by atoms with E-state index in [1.807, 2.05) is 13.0 Å². The number of rotatable bonds is 4. The molecule has 0 bridgehead atoms. The van der Waals surface area contributed by atoms with E-state index >= 15 is 0 Å². The van der Waals surface area contributed by atoms with E-state index in [4.69, 9.17) is 4.74 Å². The Kier molecular flexibility index (Phi) is 4.52. The molecule has 0 aromatic heterocycles. The minimum Gasteiger partial charge on any atom is -0.376 e. The number of nitrogens with zero attached hydrogens (tertiary/aromatic N) is 1. The monoisotopic (exact) mass is 303 g/mol. The summed E-state index contributed by atoms with van der Waals surface area (Å²) in [5.41, 5.74) is 3.45. The summed E-state index contributed by atoms with van der Waals surface area (Å²) < 4.78 is 5.61. The van der Waals surface area contributed by atoms with Crippen molar-refractivity contribution >= 4 is 17.4 Å². The number of carbonyl (C=O) groups excluding carboxylic acids is 1. The molecule has 1 saturated heterocycles. The molecule has 120 valence electrons. The van der Waals surface area contributed by atoms with Gasteiger partial charge in [0.1, 0.15) is 0 Å². The van der Waals surface area contributed by atoms with Gasteiger partial charge in [-0.2, -0.15) is 0 Å². The van der Waals surface area contributed by atoms with Gasteiger partial charge in [-0.15, -0.1) is 0 Å². The van der Waals surface area contributed by atoms with Crippen LogP contribution in [0, 0.1) is 0 Å². The minimum atomic E-state index is -0.163. The van der Waals surface area contributed by atoms with Gasteiger partial charge in [-0.3, -0.25) is 0 Å². The number of nitrogens with one attached hydrogen (secondary N) is 2. The molecule has 2 aliphatic rings. The fourth-order valence-electron chi connectivity index (χ4n) is 3.32. The fourth-order valence-corrected chi connectivity index (χ4v) is 3.32. The maximum atomic E-state index is 12.1. The highest BCUT2D eigenvalue weighted by Gasteiger charge is 2.24. The first kappa shape index (κ1) is 15.2. The van der Waals surface area contributed by atoms with Gasteiger partial charge in [-0.1, -0.05) is 6.07 Å². The zero-order valence-corrected chi connectivity index (χ0v) is 13.4. The van der Waals surface area contributed by atoms with Gasteiger partial charge in [0, 0.05) is 31.1 Å². The summed E-state index contributed by atoms with van der Waals surface area (Å²) in [5.74, 6) is 0. The highest BCUT2D eigenvalue weighted by atomic mass is 16.5. The van der Waals surface area contributed by atoms with Crippen LogP contribution in [-0.4, -0.2) is 37.9 Å². The summed E-state index contributed by atoms with van der Waals surface area (Å²) >= 11 is 0. The van der Waals surface area contributed by atoms with Crippen molar-refractivity contribution in [1.29, 1.82) is 0 Å². The molecule has 2 amide bonds. The number of anilines is 2. The second-order valence-corrected chi connectivity index (χ2v) is 6.11. The molecule has 1 aromatic rings. The van der Waals surface area contributed by atoms with Gasteiger partial charge in [-0.25, -0.2) is 4.79 Å². The van der Waals surface area contributed by atoms with Crippen LogP contribution in [0.2, 0.25) is 0 Å². The summed E-state index contributed by atoms with van der Waals surface area (Å²) in [5, 5.41) is 5.91. The third-order valence-corrected chi connectivity index (χ3v) is 4.60. The average Bonchev–Trinajstić information content (AvgIpc) is 3.16. The Morgan fingerprint density at radius 3 is 3.09 bits per heavy atom. The first-order valence-corrected chi connectivity index (χ1v) is 8.24. The van der Waals surface area contributed by atoms with Gasteiger partial charge >= 0.3 is 6.03 Å². The Labute approximate surface area is 132 Å². The van der Waals surface area contributed by atoms with Crippen LogP contribution in [0.25, 0.3) is 0 Å². The summed E-state index contributed by atoms with van der Waals surface area (Å²) in [6.45, 7) is 7.02. The molecule has 2 heterocycles. The second kappa shape index (κ2) is 6.57. The number of hydrogen-bond donors (Lipinski definition) is 2. The topological polar surface area (TPSA) is 53.6 Å².